The molecule has 1 N–H and O–H groups in total. The van der Waals surface area contributed by atoms with Crippen molar-refractivity contribution in [3.05, 3.63) is 23.5 Å². The van der Waals surface area contributed by atoms with Gasteiger partial charge in [0.25, 0.3) is 0 Å². The fraction of sp³-hybridized carbons (Fsp3) is 0.692. The summed E-state index contributed by atoms with van der Waals surface area (Å²) in [4.78, 5) is 2.48. The summed E-state index contributed by atoms with van der Waals surface area (Å²) in [5, 5.41) is 3.50. The molecule has 0 radical (unpaired) electrons. The SMILES string of the molecule is CC(C)CCCN1CNC2=C1C=CCC2. The minimum Gasteiger partial charge on any atom is -0.369 e. The molecular weight excluding hydrogens is 184 g/mol. The molecule has 0 aromatic rings. The molecule has 2 heteroatoms. The zero-order valence-corrected chi connectivity index (χ0v) is 9.92. The van der Waals surface area contributed by atoms with E-state index in [-0.39, 0.29) is 0 Å². The molecule has 0 fully saturated rings. The van der Waals surface area contributed by atoms with Crippen LogP contribution in [-0.4, -0.2) is 18.1 Å². The topological polar surface area (TPSA) is 15.3 Å². The zero-order chi connectivity index (χ0) is 10.7. The second kappa shape index (κ2) is 4.73. The third kappa shape index (κ3) is 2.55. The average molecular weight is 206 g/mol. The van der Waals surface area contributed by atoms with Gasteiger partial charge in [-0.05, 0) is 37.7 Å². The Labute approximate surface area is 93.0 Å². The average Bonchev–Trinajstić information content (AvgIpc) is 2.62. The Hall–Kier alpha value is -0.920. The van der Waals surface area contributed by atoms with Crippen LogP contribution < -0.4 is 5.32 Å². The van der Waals surface area contributed by atoms with E-state index in [9.17, 15) is 0 Å². The van der Waals surface area contributed by atoms with E-state index in [0.717, 1.165) is 12.6 Å². The molecule has 0 saturated heterocycles. The van der Waals surface area contributed by atoms with Crippen LogP contribution in [0.3, 0.4) is 0 Å². The summed E-state index contributed by atoms with van der Waals surface area (Å²) in [6.45, 7) is 6.82. The first-order valence-electron chi connectivity index (χ1n) is 6.16. The maximum absolute atomic E-state index is 3.50. The van der Waals surface area contributed by atoms with Crippen molar-refractivity contribution in [2.75, 3.05) is 13.2 Å². The minimum atomic E-state index is 0.830. The van der Waals surface area contributed by atoms with Gasteiger partial charge in [-0.2, -0.15) is 0 Å². The minimum absolute atomic E-state index is 0.830. The number of rotatable bonds is 4. The number of nitrogens with one attached hydrogen (secondary N) is 1. The van der Waals surface area contributed by atoms with Crippen molar-refractivity contribution in [2.45, 2.75) is 39.5 Å². The second-order valence-electron chi connectivity index (χ2n) is 4.94. The van der Waals surface area contributed by atoms with E-state index in [0.29, 0.717) is 0 Å². The van der Waals surface area contributed by atoms with Gasteiger partial charge in [-0.25, -0.2) is 0 Å². The molecular formula is C13H22N2. The van der Waals surface area contributed by atoms with Crippen LogP contribution in [0.15, 0.2) is 23.5 Å². The Bertz CT molecular complexity index is 276. The molecule has 2 aliphatic rings. The van der Waals surface area contributed by atoms with E-state index in [4.69, 9.17) is 0 Å². The molecule has 0 aromatic carbocycles. The lowest BCUT2D eigenvalue weighted by atomic mass is 10.1. The van der Waals surface area contributed by atoms with Crippen LogP contribution in [0.4, 0.5) is 0 Å². The molecule has 1 heterocycles. The monoisotopic (exact) mass is 206 g/mol. The molecule has 15 heavy (non-hydrogen) atoms. The van der Waals surface area contributed by atoms with Crippen molar-refractivity contribution in [3.8, 4) is 0 Å². The number of nitrogens with zero attached hydrogens (tertiary/aromatic N) is 1. The first kappa shape index (κ1) is 10.6. The summed E-state index contributed by atoms with van der Waals surface area (Å²) < 4.78 is 0. The van der Waals surface area contributed by atoms with Crippen LogP contribution in [-0.2, 0) is 0 Å². The first-order chi connectivity index (χ1) is 7.27. The first-order valence-corrected chi connectivity index (χ1v) is 6.16. The van der Waals surface area contributed by atoms with Crippen LogP contribution in [0.5, 0.6) is 0 Å². The summed E-state index contributed by atoms with van der Waals surface area (Å²) in [6.07, 6.45) is 9.63. The molecule has 0 bridgehead atoms. The molecule has 0 unspecified atom stereocenters. The van der Waals surface area contributed by atoms with Gasteiger partial charge >= 0.3 is 0 Å². The Balaban J connectivity index is 1.84. The molecule has 0 aromatic heterocycles. The van der Waals surface area contributed by atoms with Gasteiger partial charge in [-0.15, -0.1) is 0 Å². The lowest BCUT2D eigenvalue weighted by molar-refractivity contribution is 0.350. The van der Waals surface area contributed by atoms with Gasteiger partial charge in [0.15, 0.2) is 0 Å². The van der Waals surface area contributed by atoms with E-state index in [2.05, 4.69) is 36.2 Å². The van der Waals surface area contributed by atoms with E-state index in [1.54, 1.807) is 0 Å². The zero-order valence-electron chi connectivity index (χ0n) is 9.92. The quantitative estimate of drug-likeness (QED) is 0.761. The Morgan fingerprint density at radius 2 is 2.33 bits per heavy atom. The third-order valence-corrected chi connectivity index (χ3v) is 3.18. The lowest BCUT2D eigenvalue weighted by Crippen LogP contribution is -2.24. The van der Waals surface area contributed by atoms with Gasteiger partial charge in [0.1, 0.15) is 0 Å². The van der Waals surface area contributed by atoms with Gasteiger partial charge in [0.05, 0.1) is 12.4 Å². The van der Waals surface area contributed by atoms with Crippen LogP contribution >= 0.6 is 0 Å². The van der Waals surface area contributed by atoms with Crippen molar-refractivity contribution in [1.82, 2.24) is 10.2 Å². The summed E-state index contributed by atoms with van der Waals surface area (Å²) >= 11 is 0. The van der Waals surface area contributed by atoms with Crippen LogP contribution in [0.25, 0.3) is 0 Å². The van der Waals surface area contributed by atoms with Gasteiger partial charge in [0.2, 0.25) is 0 Å². The third-order valence-electron chi connectivity index (χ3n) is 3.18. The van der Waals surface area contributed by atoms with Crippen molar-refractivity contribution in [1.29, 1.82) is 0 Å². The molecule has 84 valence electrons. The summed E-state index contributed by atoms with van der Waals surface area (Å²) in [6, 6.07) is 0. The van der Waals surface area contributed by atoms with E-state index in [1.165, 1.54) is 43.6 Å². The number of hydrogen-bond acceptors (Lipinski definition) is 2. The molecule has 1 aliphatic carbocycles. The van der Waals surface area contributed by atoms with E-state index < -0.39 is 0 Å². The Kier molecular flexibility index (Phi) is 3.34. The highest BCUT2D eigenvalue weighted by atomic mass is 15.3. The summed E-state index contributed by atoms with van der Waals surface area (Å²) in [5.41, 5.74) is 2.91. The normalized spacial score (nSPS) is 19.8. The van der Waals surface area contributed by atoms with E-state index >= 15 is 0 Å². The maximum atomic E-state index is 3.50. The highest BCUT2D eigenvalue weighted by molar-refractivity contribution is 5.30. The van der Waals surface area contributed by atoms with Gasteiger partial charge in [-0.1, -0.05) is 19.9 Å². The predicted molar refractivity (Wildman–Crippen MR) is 64.2 cm³/mol. The van der Waals surface area contributed by atoms with Gasteiger partial charge < -0.3 is 10.2 Å². The maximum Gasteiger partial charge on any atom is 0.0874 e. The predicted octanol–water partition coefficient (Wildman–Crippen LogP) is 2.85. The largest absolute Gasteiger partial charge is 0.369 e. The van der Waals surface area contributed by atoms with Crippen LogP contribution in [0.1, 0.15) is 39.5 Å². The van der Waals surface area contributed by atoms with Gasteiger partial charge in [-0.3, -0.25) is 0 Å². The van der Waals surface area contributed by atoms with Crippen molar-refractivity contribution >= 4 is 0 Å². The Morgan fingerprint density at radius 3 is 3.13 bits per heavy atom. The van der Waals surface area contributed by atoms with Crippen molar-refractivity contribution < 1.29 is 0 Å². The molecule has 2 rings (SSSR count). The highest BCUT2D eigenvalue weighted by Gasteiger charge is 2.20. The van der Waals surface area contributed by atoms with Crippen LogP contribution in [0.2, 0.25) is 0 Å². The molecule has 2 nitrogen and oxygen atoms in total. The molecule has 1 aliphatic heterocycles. The smallest absolute Gasteiger partial charge is 0.0874 e. The summed E-state index contributed by atoms with van der Waals surface area (Å²) in [7, 11) is 0. The second-order valence-corrected chi connectivity index (χ2v) is 4.94. The fourth-order valence-electron chi connectivity index (χ4n) is 2.29. The van der Waals surface area contributed by atoms with Gasteiger partial charge in [0, 0.05) is 12.2 Å². The standard InChI is InChI=1S/C13H22N2/c1-11(2)6-5-9-15-10-14-12-7-3-4-8-13(12)15/h4,8,11,14H,3,5-7,9-10H2,1-2H3. The van der Waals surface area contributed by atoms with Crippen LogP contribution in [0, 0.1) is 5.92 Å². The molecule has 0 saturated carbocycles. The molecule has 0 amide bonds. The Morgan fingerprint density at radius 1 is 1.47 bits per heavy atom. The summed E-state index contributed by atoms with van der Waals surface area (Å²) in [5.74, 6) is 0.830. The van der Waals surface area contributed by atoms with Crippen molar-refractivity contribution in [3.63, 3.8) is 0 Å². The van der Waals surface area contributed by atoms with Crippen molar-refractivity contribution in [2.24, 2.45) is 5.92 Å². The molecule has 0 atom stereocenters. The highest BCUT2D eigenvalue weighted by Crippen LogP contribution is 2.24. The number of allylic oxidation sites excluding steroid dienone is 3. The lowest BCUT2D eigenvalue weighted by Gasteiger charge is -2.20. The number of hydrogen-bond donors (Lipinski definition) is 1. The van der Waals surface area contributed by atoms with E-state index in [1.807, 2.05) is 0 Å². The molecule has 0 spiro atoms. The fourth-order valence-corrected chi connectivity index (χ4v) is 2.29.